The molecule has 0 bridgehead atoms. The minimum Gasteiger partial charge on any atom is -0.495 e. The van der Waals surface area contributed by atoms with E-state index in [2.05, 4.69) is 5.32 Å². The molecule has 8 nitrogen and oxygen atoms in total. The maximum atomic E-state index is 14.7. The number of hydrogen-bond acceptors (Lipinski definition) is 5. The molecule has 1 aliphatic rings. The number of hydrogen-bond donors (Lipinski definition) is 1. The first-order valence-electron chi connectivity index (χ1n) is 15.9. The lowest BCUT2D eigenvalue weighted by molar-refractivity contribution is -0.140. The molecule has 1 saturated carbocycles. The van der Waals surface area contributed by atoms with Crippen molar-refractivity contribution in [3.63, 3.8) is 0 Å². The summed E-state index contributed by atoms with van der Waals surface area (Å²) in [5.74, 6) is -0.605. The van der Waals surface area contributed by atoms with Crippen LogP contribution in [0.3, 0.4) is 0 Å². The van der Waals surface area contributed by atoms with Crippen LogP contribution in [0.2, 0.25) is 10.0 Å². The topological polar surface area (TPSA) is 96.0 Å². The SMILES string of the molecule is COc1ccccc1N(CC(=O)N(Cc1ccc(Cl)c(Cl)c1)[C@H](Cc1ccccc1)C(=O)NC1CCCC1)S(=O)(=O)c1ccc(C)cc1. The molecule has 0 aliphatic heterocycles. The van der Waals surface area contributed by atoms with Gasteiger partial charge in [0, 0.05) is 19.0 Å². The zero-order chi connectivity index (χ0) is 34.3. The molecule has 252 valence electrons. The predicted molar refractivity (Wildman–Crippen MR) is 190 cm³/mol. The summed E-state index contributed by atoms with van der Waals surface area (Å²) in [5, 5.41) is 3.83. The molecule has 48 heavy (non-hydrogen) atoms. The molecule has 1 atom stereocenters. The first-order valence-corrected chi connectivity index (χ1v) is 18.1. The summed E-state index contributed by atoms with van der Waals surface area (Å²) in [6.07, 6.45) is 3.98. The fourth-order valence-corrected chi connectivity index (χ4v) is 7.69. The Hall–Kier alpha value is -4.05. The van der Waals surface area contributed by atoms with Crippen LogP contribution in [0.5, 0.6) is 5.75 Å². The molecule has 11 heteroatoms. The fourth-order valence-electron chi connectivity index (χ4n) is 5.94. The maximum Gasteiger partial charge on any atom is 0.264 e. The van der Waals surface area contributed by atoms with Crippen molar-refractivity contribution in [3.8, 4) is 5.75 Å². The van der Waals surface area contributed by atoms with E-state index in [1.54, 1.807) is 54.6 Å². The number of sulfonamides is 1. The van der Waals surface area contributed by atoms with Crippen molar-refractivity contribution < 1.29 is 22.7 Å². The number of ether oxygens (including phenoxy) is 1. The molecule has 0 spiro atoms. The molecule has 0 unspecified atom stereocenters. The quantitative estimate of drug-likeness (QED) is 0.159. The molecule has 0 heterocycles. The number of para-hydroxylation sites is 2. The van der Waals surface area contributed by atoms with Crippen LogP contribution in [0, 0.1) is 6.92 Å². The van der Waals surface area contributed by atoms with Crippen LogP contribution < -0.4 is 14.4 Å². The zero-order valence-corrected chi connectivity index (χ0v) is 29.3. The molecule has 5 rings (SSSR count). The van der Waals surface area contributed by atoms with Gasteiger partial charge in [0.05, 0.1) is 27.7 Å². The molecule has 4 aromatic rings. The Morgan fingerprint density at radius 2 is 1.54 bits per heavy atom. The molecular formula is C37H39Cl2N3O5S. The van der Waals surface area contributed by atoms with Gasteiger partial charge in [-0.05, 0) is 67.3 Å². The normalized spacial score (nSPS) is 13.9. The Bertz CT molecular complexity index is 1830. The number of benzene rings is 4. The number of nitrogens with one attached hydrogen (secondary N) is 1. The monoisotopic (exact) mass is 707 g/mol. The molecule has 0 radical (unpaired) electrons. The number of amides is 2. The molecule has 4 aromatic carbocycles. The van der Waals surface area contributed by atoms with Crippen LogP contribution >= 0.6 is 23.2 Å². The van der Waals surface area contributed by atoms with Crippen molar-refractivity contribution in [2.45, 2.75) is 62.6 Å². The lowest BCUT2D eigenvalue weighted by Crippen LogP contribution is -2.54. The van der Waals surface area contributed by atoms with Gasteiger partial charge in [0.1, 0.15) is 18.3 Å². The second kappa shape index (κ2) is 15.9. The van der Waals surface area contributed by atoms with Gasteiger partial charge in [0.15, 0.2) is 0 Å². The molecule has 1 aliphatic carbocycles. The van der Waals surface area contributed by atoms with E-state index in [-0.39, 0.29) is 41.2 Å². The fraction of sp³-hybridized carbons (Fsp3) is 0.297. The van der Waals surface area contributed by atoms with Crippen molar-refractivity contribution in [1.82, 2.24) is 10.2 Å². The van der Waals surface area contributed by atoms with Crippen LogP contribution in [0.25, 0.3) is 0 Å². The number of halogens is 2. The van der Waals surface area contributed by atoms with Gasteiger partial charge < -0.3 is 15.0 Å². The van der Waals surface area contributed by atoms with Crippen LogP contribution in [0.15, 0.2) is 102 Å². The lowest BCUT2D eigenvalue weighted by Gasteiger charge is -2.34. The Kier molecular flexibility index (Phi) is 11.7. The van der Waals surface area contributed by atoms with E-state index >= 15 is 0 Å². The van der Waals surface area contributed by atoms with Gasteiger partial charge in [-0.25, -0.2) is 8.42 Å². The standard InChI is InChI=1S/C37H39Cl2N3O5S/c1-26-16-19-30(20-17-26)48(45,46)42(33-14-8-9-15-35(33)47-2)25-36(43)41(24-28-18-21-31(38)32(39)22-28)34(23-27-10-4-3-5-11-27)37(44)40-29-12-6-7-13-29/h3-5,8-11,14-22,29,34H,6-7,12-13,23-25H2,1-2H3,(H,40,44)/t34-/m1/s1. The van der Waals surface area contributed by atoms with Gasteiger partial charge >= 0.3 is 0 Å². The highest BCUT2D eigenvalue weighted by atomic mass is 35.5. The van der Waals surface area contributed by atoms with E-state index in [1.165, 1.54) is 24.1 Å². The summed E-state index contributed by atoms with van der Waals surface area (Å²) in [7, 11) is -2.83. The van der Waals surface area contributed by atoms with Crippen molar-refractivity contribution in [3.05, 3.63) is 124 Å². The highest BCUT2D eigenvalue weighted by Gasteiger charge is 2.36. The third-order valence-corrected chi connectivity index (χ3v) is 11.1. The van der Waals surface area contributed by atoms with E-state index in [0.717, 1.165) is 41.1 Å². The second-order valence-electron chi connectivity index (χ2n) is 12.0. The molecule has 1 N–H and O–H groups in total. The van der Waals surface area contributed by atoms with Gasteiger partial charge in [0.2, 0.25) is 11.8 Å². The molecular weight excluding hydrogens is 669 g/mol. The summed E-state index contributed by atoms with van der Waals surface area (Å²) in [4.78, 5) is 30.4. The van der Waals surface area contributed by atoms with Gasteiger partial charge in [0.25, 0.3) is 10.0 Å². The third-order valence-electron chi connectivity index (χ3n) is 8.55. The van der Waals surface area contributed by atoms with Crippen LogP contribution in [0.1, 0.15) is 42.4 Å². The third kappa shape index (κ3) is 8.50. The number of aryl methyl sites for hydroxylation is 1. The highest BCUT2D eigenvalue weighted by molar-refractivity contribution is 7.92. The van der Waals surface area contributed by atoms with Gasteiger partial charge in [-0.2, -0.15) is 0 Å². The average Bonchev–Trinajstić information content (AvgIpc) is 3.60. The van der Waals surface area contributed by atoms with E-state index in [9.17, 15) is 18.0 Å². The summed E-state index contributed by atoms with van der Waals surface area (Å²) in [6.45, 7) is 1.25. The molecule has 2 amide bonds. The molecule has 0 saturated heterocycles. The van der Waals surface area contributed by atoms with Crippen molar-refractivity contribution in [2.24, 2.45) is 0 Å². The summed E-state index contributed by atoms with van der Waals surface area (Å²) >= 11 is 12.6. The smallest absolute Gasteiger partial charge is 0.264 e. The lowest BCUT2D eigenvalue weighted by atomic mass is 10.0. The van der Waals surface area contributed by atoms with Crippen LogP contribution in [-0.4, -0.2) is 50.9 Å². The first-order chi connectivity index (χ1) is 23.1. The van der Waals surface area contributed by atoms with Gasteiger partial charge in [-0.1, -0.05) is 102 Å². The van der Waals surface area contributed by atoms with Crippen LogP contribution in [-0.2, 0) is 32.6 Å². The van der Waals surface area contributed by atoms with Crippen molar-refractivity contribution in [2.75, 3.05) is 18.0 Å². The van der Waals surface area contributed by atoms with E-state index in [1.807, 2.05) is 37.3 Å². The zero-order valence-electron chi connectivity index (χ0n) is 26.9. The Morgan fingerprint density at radius 1 is 0.875 bits per heavy atom. The summed E-state index contributed by atoms with van der Waals surface area (Å²) in [6, 6.07) is 26.6. The first kappa shape index (κ1) is 35.3. The summed E-state index contributed by atoms with van der Waals surface area (Å²) < 4.78 is 35.3. The van der Waals surface area contributed by atoms with E-state index < -0.39 is 28.5 Å². The predicted octanol–water partition coefficient (Wildman–Crippen LogP) is 7.20. The van der Waals surface area contributed by atoms with E-state index in [0.29, 0.717) is 15.6 Å². The largest absolute Gasteiger partial charge is 0.495 e. The average molecular weight is 709 g/mol. The van der Waals surface area contributed by atoms with Gasteiger partial charge in [-0.15, -0.1) is 0 Å². The minimum atomic E-state index is -4.27. The summed E-state index contributed by atoms with van der Waals surface area (Å²) in [5.41, 5.74) is 2.57. The molecule has 0 aromatic heterocycles. The van der Waals surface area contributed by atoms with Crippen LogP contribution in [0.4, 0.5) is 5.69 Å². The highest BCUT2D eigenvalue weighted by Crippen LogP contribution is 2.33. The Morgan fingerprint density at radius 3 is 2.21 bits per heavy atom. The second-order valence-corrected chi connectivity index (χ2v) is 14.6. The van der Waals surface area contributed by atoms with Crippen molar-refractivity contribution in [1.29, 1.82) is 0 Å². The van der Waals surface area contributed by atoms with E-state index in [4.69, 9.17) is 27.9 Å². The number of carbonyl (C=O) groups excluding carboxylic acids is 2. The number of nitrogens with zero attached hydrogens (tertiary/aromatic N) is 2. The maximum absolute atomic E-state index is 14.7. The Labute approximate surface area is 292 Å². The number of anilines is 1. The minimum absolute atomic E-state index is 0.00435. The molecule has 1 fully saturated rings. The number of rotatable bonds is 13. The van der Waals surface area contributed by atoms with Gasteiger partial charge in [-0.3, -0.25) is 13.9 Å². The van der Waals surface area contributed by atoms with Crippen molar-refractivity contribution >= 4 is 50.7 Å². The Balaban J connectivity index is 1.60. The number of carbonyl (C=O) groups is 2. The number of methoxy groups -OCH3 is 1.